The summed E-state index contributed by atoms with van der Waals surface area (Å²) in [5.74, 6) is 1.31. The van der Waals surface area contributed by atoms with Gasteiger partial charge >= 0.3 is 0 Å². The fraction of sp³-hybridized carbons (Fsp3) is 0.250. The highest BCUT2D eigenvalue weighted by atomic mass is 79.9. The first-order valence-electron chi connectivity index (χ1n) is 5.47. The number of fused-ring (bicyclic) bond motifs is 1. The van der Waals surface area contributed by atoms with Crippen molar-refractivity contribution in [3.8, 4) is 22.6 Å². The van der Waals surface area contributed by atoms with Crippen molar-refractivity contribution < 1.29 is 9.47 Å². The molecule has 1 aliphatic rings. The highest BCUT2D eigenvalue weighted by Gasteiger charge is 2.32. The molecule has 1 aromatic carbocycles. The van der Waals surface area contributed by atoms with E-state index < -0.39 is 5.79 Å². The van der Waals surface area contributed by atoms with Gasteiger partial charge in [-0.15, -0.1) is 0 Å². The number of nitrogens with two attached hydrogens (primary N) is 1. The van der Waals surface area contributed by atoms with E-state index in [1.165, 1.54) is 0 Å². The van der Waals surface area contributed by atoms with Crippen molar-refractivity contribution in [2.75, 3.05) is 5.73 Å². The van der Waals surface area contributed by atoms with E-state index in [0.29, 0.717) is 11.6 Å². The number of halogens is 1. The minimum absolute atomic E-state index is 0.522. The van der Waals surface area contributed by atoms with Gasteiger partial charge in [0.15, 0.2) is 11.5 Å². The highest BCUT2D eigenvalue weighted by molar-refractivity contribution is 9.10. The lowest BCUT2D eigenvalue weighted by Gasteiger charge is -2.16. The topological polar surface area (TPSA) is 73.2 Å². The number of nitrogens with one attached hydrogen (secondary N) is 1. The van der Waals surface area contributed by atoms with Crippen LogP contribution in [-0.2, 0) is 0 Å². The number of rotatable bonds is 1. The molecule has 2 heterocycles. The van der Waals surface area contributed by atoms with Gasteiger partial charge in [0.1, 0.15) is 5.82 Å². The molecule has 0 bridgehead atoms. The molecule has 0 unspecified atom stereocenters. The molecule has 1 aliphatic heterocycles. The van der Waals surface area contributed by atoms with Gasteiger partial charge in [-0.2, -0.15) is 5.10 Å². The van der Waals surface area contributed by atoms with Crippen LogP contribution in [0.25, 0.3) is 11.1 Å². The zero-order valence-corrected chi connectivity index (χ0v) is 11.5. The summed E-state index contributed by atoms with van der Waals surface area (Å²) in [5.41, 5.74) is 7.58. The Morgan fingerprint density at radius 3 is 2.50 bits per heavy atom. The molecule has 0 amide bonds. The molecule has 0 saturated carbocycles. The van der Waals surface area contributed by atoms with Crippen LogP contribution in [0.1, 0.15) is 13.8 Å². The first-order valence-corrected chi connectivity index (χ1v) is 6.26. The summed E-state index contributed by atoms with van der Waals surface area (Å²) in [4.78, 5) is 0. The van der Waals surface area contributed by atoms with Crippen molar-refractivity contribution in [1.82, 2.24) is 10.2 Å². The average molecular weight is 310 g/mol. The van der Waals surface area contributed by atoms with Crippen LogP contribution < -0.4 is 15.2 Å². The fourth-order valence-electron chi connectivity index (χ4n) is 1.96. The number of anilines is 1. The Morgan fingerprint density at radius 1 is 1.22 bits per heavy atom. The van der Waals surface area contributed by atoms with Crippen LogP contribution in [0.5, 0.6) is 11.5 Å². The SMILES string of the molecule is CC1(C)Oc2cc(Br)c(-c3cn[nH]c3N)cc2O1. The second-order valence-corrected chi connectivity index (χ2v) is 5.43. The van der Waals surface area contributed by atoms with E-state index >= 15 is 0 Å². The van der Waals surface area contributed by atoms with E-state index in [9.17, 15) is 0 Å². The highest BCUT2D eigenvalue weighted by Crippen LogP contribution is 2.45. The third-order valence-corrected chi connectivity index (χ3v) is 3.36. The fourth-order valence-corrected chi connectivity index (χ4v) is 2.50. The number of nitrogens with zero attached hydrogens (tertiary/aromatic N) is 1. The van der Waals surface area contributed by atoms with E-state index in [0.717, 1.165) is 21.3 Å². The zero-order valence-electron chi connectivity index (χ0n) is 9.95. The van der Waals surface area contributed by atoms with Gasteiger partial charge in [-0.05, 0) is 12.1 Å². The number of hydrogen-bond donors (Lipinski definition) is 2. The van der Waals surface area contributed by atoms with Crippen molar-refractivity contribution >= 4 is 21.7 Å². The van der Waals surface area contributed by atoms with Crippen LogP contribution in [0.15, 0.2) is 22.8 Å². The molecular weight excluding hydrogens is 298 g/mol. The van der Waals surface area contributed by atoms with Crippen LogP contribution >= 0.6 is 15.9 Å². The Morgan fingerprint density at radius 2 is 1.89 bits per heavy atom. The number of benzene rings is 1. The molecule has 3 rings (SSSR count). The molecule has 5 nitrogen and oxygen atoms in total. The summed E-state index contributed by atoms with van der Waals surface area (Å²) < 4.78 is 12.3. The molecule has 18 heavy (non-hydrogen) atoms. The minimum atomic E-state index is -0.637. The molecule has 0 radical (unpaired) electrons. The number of H-pyrrole nitrogens is 1. The number of aromatic amines is 1. The molecule has 2 aromatic rings. The summed E-state index contributed by atoms with van der Waals surface area (Å²) in [5, 5.41) is 6.63. The summed E-state index contributed by atoms with van der Waals surface area (Å²) >= 11 is 3.51. The Labute approximate surface area is 112 Å². The standard InChI is InChI=1S/C12H12BrN3O2/c1-12(2)17-9-3-6(7-5-15-16-11(7)14)8(13)4-10(9)18-12/h3-5H,1-2H3,(H3,14,15,16). The molecule has 0 spiro atoms. The summed E-state index contributed by atoms with van der Waals surface area (Å²) in [6.45, 7) is 3.74. The zero-order chi connectivity index (χ0) is 12.9. The Balaban J connectivity index is 2.13. The first-order chi connectivity index (χ1) is 8.46. The largest absolute Gasteiger partial charge is 0.449 e. The van der Waals surface area contributed by atoms with Crippen molar-refractivity contribution in [3.63, 3.8) is 0 Å². The molecule has 0 aliphatic carbocycles. The molecule has 0 atom stereocenters. The van der Waals surface area contributed by atoms with Crippen LogP contribution in [-0.4, -0.2) is 16.0 Å². The van der Waals surface area contributed by atoms with Crippen molar-refractivity contribution in [2.24, 2.45) is 0 Å². The first kappa shape index (κ1) is 11.4. The number of hydrogen-bond acceptors (Lipinski definition) is 4. The monoisotopic (exact) mass is 309 g/mol. The second kappa shape index (κ2) is 3.65. The molecule has 94 valence electrons. The lowest BCUT2D eigenvalue weighted by molar-refractivity contribution is -0.0431. The van der Waals surface area contributed by atoms with E-state index in [-0.39, 0.29) is 0 Å². The van der Waals surface area contributed by atoms with Crippen molar-refractivity contribution in [1.29, 1.82) is 0 Å². The second-order valence-electron chi connectivity index (χ2n) is 4.58. The van der Waals surface area contributed by atoms with E-state index in [1.54, 1.807) is 6.20 Å². The lowest BCUT2D eigenvalue weighted by Crippen LogP contribution is -2.29. The normalized spacial score (nSPS) is 15.9. The number of nitrogen functional groups attached to an aromatic ring is 1. The predicted octanol–water partition coefficient (Wildman–Crippen LogP) is 2.93. The predicted molar refractivity (Wildman–Crippen MR) is 71.5 cm³/mol. The van der Waals surface area contributed by atoms with Gasteiger partial charge in [-0.1, -0.05) is 15.9 Å². The molecular formula is C12H12BrN3O2. The Hall–Kier alpha value is -1.69. The van der Waals surface area contributed by atoms with Crippen molar-refractivity contribution in [3.05, 3.63) is 22.8 Å². The quantitative estimate of drug-likeness (QED) is 0.849. The molecule has 0 fully saturated rings. The van der Waals surface area contributed by atoms with Gasteiger partial charge in [0.05, 0.1) is 6.20 Å². The lowest BCUT2D eigenvalue weighted by atomic mass is 10.1. The molecule has 6 heteroatoms. The van der Waals surface area contributed by atoms with Gasteiger partial charge in [-0.25, -0.2) is 0 Å². The maximum absolute atomic E-state index is 5.83. The van der Waals surface area contributed by atoms with Gasteiger partial charge in [0.25, 0.3) is 0 Å². The molecule has 3 N–H and O–H groups in total. The number of aromatic nitrogens is 2. The molecule has 0 saturated heterocycles. The van der Waals surface area contributed by atoms with E-state index in [1.807, 2.05) is 26.0 Å². The minimum Gasteiger partial charge on any atom is -0.449 e. The van der Waals surface area contributed by atoms with Crippen LogP contribution in [0.3, 0.4) is 0 Å². The van der Waals surface area contributed by atoms with Gasteiger partial charge in [-0.3, -0.25) is 5.10 Å². The number of ether oxygens (including phenoxy) is 2. The Kier molecular flexibility index (Phi) is 2.31. The Bertz CT molecular complexity index is 622. The van der Waals surface area contributed by atoms with Gasteiger partial charge < -0.3 is 15.2 Å². The smallest absolute Gasteiger partial charge is 0.246 e. The van der Waals surface area contributed by atoms with Crippen LogP contribution in [0, 0.1) is 0 Å². The maximum atomic E-state index is 5.83. The molecule has 1 aromatic heterocycles. The van der Waals surface area contributed by atoms with Gasteiger partial charge in [0.2, 0.25) is 5.79 Å². The van der Waals surface area contributed by atoms with Crippen molar-refractivity contribution in [2.45, 2.75) is 19.6 Å². The van der Waals surface area contributed by atoms with E-state index in [2.05, 4.69) is 26.1 Å². The summed E-state index contributed by atoms with van der Waals surface area (Å²) in [6, 6.07) is 3.78. The third kappa shape index (κ3) is 1.73. The third-order valence-electron chi connectivity index (χ3n) is 2.70. The van der Waals surface area contributed by atoms with E-state index in [4.69, 9.17) is 15.2 Å². The van der Waals surface area contributed by atoms with Gasteiger partial charge in [0, 0.05) is 29.4 Å². The summed E-state index contributed by atoms with van der Waals surface area (Å²) in [6.07, 6.45) is 1.68. The van der Waals surface area contributed by atoms with Crippen LogP contribution in [0.2, 0.25) is 0 Å². The maximum Gasteiger partial charge on any atom is 0.246 e. The summed E-state index contributed by atoms with van der Waals surface area (Å²) in [7, 11) is 0. The average Bonchev–Trinajstić information content (AvgIpc) is 2.79. The van der Waals surface area contributed by atoms with Crippen LogP contribution in [0.4, 0.5) is 5.82 Å².